The lowest BCUT2D eigenvalue weighted by atomic mass is 9.69. The molecular formula is C29H21ClN2O3. The van der Waals surface area contributed by atoms with Crippen molar-refractivity contribution in [2.45, 2.75) is 17.6 Å². The molecule has 4 aromatic carbocycles. The summed E-state index contributed by atoms with van der Waals surface area (Å²) in [7, 11) is 0. The Morgan fingerprint density at radius 2 is 1.26 bits per heavy atom. The van der Waals surface area contributed by atoms with Gasteiger partial charge in [0.05, 0.1) is 11.4 Å². The lowest BCUT2D eigenvalue weighted by molar-refractivity contribution is -0.126. The van der Waals surface area contributed by atoms with Gasteiger partial charge in [-0.15, -0.1) is 0 Å². The molecule has 2 heterocycles. The van der Waals surface area contributed by atoms with E-state index in [1.807, 2.05) is 91.0 Å². The maximum atomic E-state index is 14.5. The van der Waals surface area contributed by atoms with E-state index in [1.165, 1.54) is 4.90 Å². The largest absolute Gasteiger partial charge is 0.273 e. The summed E-state index contributed by atoms with van der Waals surface area (Å²) in [6.45, 7) is 0. The number of benzene rings is 4. The quantitative estimate of drug-likeness (QED) is 0.351. The van der Waals surface area contributed by atoms with Crippen LogP contribution in [0.2, 0.25) is 5.02 Å². The van der Waals surface area contributed by atoms with Crippen LogP contribution in [0.1, 0.15) is 17.2 Å². The predicted octanol–water partition coefficient (Wildman–Crippen LogP) is 5.71. The minimum Gasteiger partial charge on any atom is -0.273 e. The van der Waals surface area contributed by atoms with Crippen molar-refractivity contribution in [3.05, 3.63) is 131 Å². The Kier molecular flexibility index (Phi) is 5.17. The summed E-state index contributed by atoms with van der Waals surface area (Å²) in [5, 5.41) is 2.25. The maximum absolute atomic E-state index is 14.5. The molecule has 0 N–H and O–H groups in total. The van der Waals surface area contributed by atoms with E-state index in [-0.39, 0.29) is 5.91 Å². The van der Waals surface area contributed by atoms with Crippen molar-refractivity contribution in [3.63, 3.8) is 0 Å². The molecule has 35 heavy (non-hydrogen) atoms. The molecule has 0 spiro atoms. The van der Waals surface area contributed by atoms with Crippen LogP contribution in [0.15, 0.2) is 115 Å². The standard InChI is InChI=1S/C29H21ClN2O3/c30-22-16-18-23(19-17-22)31-27(33)26-29(28(31)34,21-12-6-2-7-13-21)25(20-10-4-1-5-11-20)32(35-26)24-14-8-3-9-15-24/h1-19,25-26H/t25-,26+,29-/m0/s1. The fourth-order valence-electron chi connectivity index (χ4n) is 5.26. The summed E-state index contributed by atoms with van der Waals surface area (Å²) in [4.78, 5) is 36.2. The third kappa shape index (κ3) is 3.20. The van der Waals surface area contributed by atoms with Crippen molar-refractivity contribution in [2.75, 3.05) is 9.96 Å². The number of amides is 2. The third-order valence-electron chi connectivity index (χ3n) is 6.76. The Labute approximate surface area is 208 Å². The minimum absolute atomic E-state index is 0.326. The highest BCUT2D eigenvalue weighted by Crippen LogP contribution is 2.57. The lowest BCUT2D eigenvalue weighted by Crippen LogP contribution is -2.46. The van der Waals surface area contributed by atoms with Crippen molar-refractivity contribution in [3.8, 4) is 0 Å². The summed E-state index contributed by atoms with van der Waals surface area (Å²) in [5.41, 5.74) is 1.55. The number of halogens is 1. The van der Waals surface area contributed by atoms with Gasteiger partial charge in [-0.2, -0.15) is 0 Å². The molecule has 2 aliphatic rings. The van der Waals surface area contributed by atoms with Crippen molar-refractivity contribution in [1.29, 1.82) is 0 Å². The van der Waals surface area contributed by atoms with Gasteiger partial charge in [-0.05, 0) is 47.5 Å². The molecule has 0 saturated carbocycles. The number of fused-ring (bicyclic) bond motifs is 1. The van der Waals surface area contributed by atoms with Crippen LogP contribution in [0.3, 0.4) is 0 Å². The van der Waals surface area contributed by atoms with E-state index in [0.717, 1.165) is 16.8 Å². The van der Waals surface area contributed by atoms with E-state index in [1.54, 1.807) is 29.3 Å². The summed E-state index contributed by atoms with van der Waals surface area (Å²) in [6, 6.07) is 34.9. The first-order valence-electron chi connectivity index (χ1n) is 11.4. The molecule has 2 saturated heterocycles. The van der Waals surface area contributed by atoms with Gasteiger partial charge in [-0.25, -0.2) is 9.96 Å². The SMILES string of the molecule is O=C1[C@H]2ON(c3ccccc3)[C@@H](c3ccccc3)[C@]2(c2ccccc2)C(=O)N1c1ccc(Cl)cc1. The fraction of sp³-hybridized carbons (Fsp3) is 0.103. The summed E-state index contributed by atoms with van der Waals surface area (Å²) in [5.74, 6) is -0.728. The van der Waals surface area contributed by atoms with Crippen LogP contribution >= 0.6 is 11.6 Å². The van der Waals surface area contributed by atoms with Gasteiger partial charge in [0, 0.05) is 5.02 Å². The number of hydrogen-bond donors (Lipinski definition) is 0. The summed E-state index contributed by atoms with van der Waals surface area (Å²) >= 11 is 6.08. The van der Waals surface area contributed by atoms with Gasteiger partial charge >= 0.3 is 0 Å². The van der Waals surface area contributed by atoms with Crippen LogP contribution in [0.25, 0.3) is 0 Å². The summed E-state index contributed by atoms with van der Waals surface area (Å²) in [6.07, 6.45) is -1.04. The normalized spacial score (nSPS) is 23.6. The molecule has 2 aliphatic heterocycles. The second-order valence-corrected chi connectivity index (χ2v) is 9.09. The zero-order chi connectivity index (χ0) is 24.0. The molecule has 0 unspecified atom stereocenters. The molecule has 4 aromatic rings. The molecule has 2 fully saturated rings. The van der Waals surface area contributed by atoms with Crippen LogP contribution in [0, 0.1) is 0 Å². The van der Waals surface area contributed by atoms with E-state index in [0.29, 0.717) is 10.7 Å². The van der Waals surface area contributed by atoms with Crippen LogP contribution in [0.4, 0.5) is 11.4 Å². The molecule has 5 nitrogen and oxygen atoms in total. The smallest absolute Gasteiger partial charge is 0.267 e. The molecule has 6 rings (SSSR count). The monoisotopic (exact) mass is 480 g/mol. The lowest BCUT2D eigenvalue weighted by Gasteiger charge is -2.35. The Bertz CT molecular complexity index is 1380. The number of rotatable bonds is 4. The van der Waals surface area contributed by atoms with Crippen LogP contribution in [-0.4, -0.2) is 17.9 Å². The first kappa shape index (κ1) is 21.6. The highest BCUT2D eigenvalue weighted by Gasteiger charge is 2.72. The topological polar surface area (TPSA) is 49.9 Å². The van der Waals surface area contributed by atoms with Crippen molar-refractivity contribution in [2.24, 2.45) is 0 Å². The number of anilines is 2. The highest BCUT2D eigenvalue weighted by atomic mass is 35.5. The fourth-order valence-corrected chi connectivity index (χ4v) is 5.38. The van der Waals surface area contributed by atoms with Gasteiger partial charge in [0.1, 0.15) is 11.5 Å². The number of imide groups is 1. The van der Waals surface area contributed by atoms with Crippen LogP contribution in [0.5, 0.6) is 0 Å². The first-order chi connectivity index (χ1) is 17.1. The Hall–Kier alpha value is -3.93. The van der Waals surface area contributed by atoms with Gasteiger partial charge in [-0.3, -0.25) is 14.4 Å². The van der Waals surface area contributed by atoms with Crippen LogP contribution < -0.4 is 9.96 Å². The van der Waals surface area contributed by atoms with E-state index < -0.39 is 23.5 Å². The number of nitrogens with zero attached hydrogens (tertiary/aromatic N) is 2. The third-order valence-corrected chi connectivity index (χ3v) is 7.01. The molecule has 0 aromatic heterocycles. The molecule has 0 radical (unpaired) electrons. The Morgan fingerprint density at radius 1 is 0.686 bits per heavy atom. The molecule has 0 aliphatic carbocycles. The van der Waals surface area contributed by atoms with Crippen LogP contribution in [-0.2, 0) is 19.8 Å². The Balaban J connectivity index is 1.61. The predicted molar refractivity (Wildman–Crippen MR) is 135 cm³/mol. The van der Waals surface area contributed by atoms with Gasteiger partial charge in [0.2, 0.25) is 5.91 Å². The van der Waals surface area contributed by atoms with Gasteiger partial charge in [-0.1, -0.05) is 90.5 Å². The number of carbonyl (C=O) groups is 2. The number of para-hydroxylation sites is 1. The van der Waals surface area contributed by atoms with Crippen molar-refractivity contribution in [1.82, 2.24) is 0 Å². The zero-order valence-electron chi connectivity index (χ0n) is 18.6. The van der Waals surface area contributed by atoms with Crippen molar-refractivity contribution < 1.29 is 14.4 Å². The molecule has 172 valence electrons. The zero-order valence-corrected chi connectivity index (χ0v) is 19.4. The molecule has 0 bridgehead atoms. The second kappa shape index (κ2) is 8.38. The summed E-state index contributed by atoms with van der Waals surface area (Å²) < 4.78 is 0. The second-order valence-electron chi connectivity index (χ2n) is 8.65. The van der Waals surface area contributed by atoms with E-state index in [4.69, 9.17) is 16.4 Å². The Morgan fingerprint density at radius 3 is 1.89 bits per heavy atom. The average molecular weight is 481 g/mol. The van der Waals surface area contributed by atoms with E-state index >= 15 is 0 Å². The number of hydroxylamine groups is 1. The van der Waals surface area contributed by atoms with Gasteiger partial charge in [0.15, 0.2) is 6.10 Å². The minimum atomic E-state index is -1.30. The number of carbonyl (C=O) groups excluding carboxylic acids is 2. The maximum Gasteiger partial charge on any atom is 0.267 e. The molecule has 2 amide bonds. The first-order valence-corrected chi connectivity index (χ1v) is 11.8. The molecule has 3 atom stereocenters. The van der Waals surface area contributed by atoms with Gasteiger partial charge in [0.25, 0.3) is 5.91 Å². The van der Waals surface area contributed by atoms with Gasteiger partial charge < -0.3 is 0 Å². The molecule has 6 heteroatoms. The van der Waals surface area contributed by atoms with E-state index in [2.05, 4.69) is 0 Å². The average Bonchev–Trinajstić information content (AvgIpc) is 3.38. The molecular weight excluding hydrogens is 460 g/mol. The van der Waals surface area contributed by atoms with E-state index in [9.17, 15) is 9.59 Å². The number of hydrogen-bond acceptors (Lipinski definition) is 4. The highest BCUT2D eigenvalue weighted by molar-refractivity contribution is 6.31. The van der Waals surface area contributed by atoms with Crippen molar-refractivity contribution >= 4 is 34.8 Å².